The van der Waals surface area contributed by atoms with Gasteiger partial charge in [0, 0.05) is 31.7 Å². The molecule has 114 valence electrons. The van der Waals surface area contributed by atoms with E-state index in [2.05, 4.69) is 5.32 Å². The molecule has 1 aromatic carbocycles. The van der Waals surface area contributed by atoms with Gasteiger partial charge in [-0.05, 0) is 24.6 Å². The number of hydrogen-bond acceptors (Lipinski definition) is 3. The molecular weight excluding hydrogens is 279 g/mol. The number of halogens is 1. The van der Waals surface area contributed by atoms with Crippen LogP contribution < -0.4 is 5.32 Å². The number of nitrogens with zero attached hydrogens (tertiary/aromatic N) is 1. The van der Waals surface area contributed by atoms with Crippen LogP contribution in [0.3, 0.4) is 0 Å². The van der Waals surface area contributed by atoms with Crippen LogP contribution >= 0.6 is 0 Å². The van der Waals surface area contributed by atoms with Gasteiger partial charge in [-0.25, -0.2) is 17.1 Å². The average Bonchev–Trinajstić information content (AvgIpc) is 2.37. The van der Waals surface area contributed by atoms with Gasteiger partial charge in [-0.1, -0.05) is 20.8 Å². The molecule has 1 rings (SSSR count). The number of hydrogen-bond donors (Lipinski definition) is 1. The molecular formula is C14H23FN2O2S. The zero-order chi connectivity index (χ0) is 15.3. The Morgan fingerprint density at radius 2 is 2.00 bits per heavy atom. The van der Waals surface area contributed by atoms with Crippen LogP contribution in [-0.4, -0.2) is 32.4 Å². The first-order chi connectivity index (χ1) is 9.28. The molecule has 1 aromatic rings. The summed E-state index contributed by atoms with van der Waals surface area (Å²) in [4.78, 5) is 0.135. The molecule has 0 heterocycles. The van der Waals surface area contributed by atoms with E-state index in [-0.39, 0.29) is 10.9 Å². The van der Waals surface area contributed by atoms with Crippen molar-refractivity contribution in [3.63, 3.8) is 0 Å². The van der Waals surface area contributed by atoms with Gasteiger partial charge in [0.2, 0.25) is 10.0 Å². The summed E-state index contributed by atoms with van der Waals surface area (Å²) in [6, 6.07) is 4.14. The van der Waals surface area contributed by atoms with E-state index >= 15 is 0 Å². The molecule has 0 amide bonds. The standard InChI is InChI=1S/C14H23FN2O2S/c1-5-8-17(4)20(18,19)13-6-7-14(15)12(9-13)10-16-11(2)3/h6-7,9,11,16H,5,8,10H2,1-4H3. The van der Waals surface area contributed by atoms with Crippen molar-refractivity contribution in [2.75, 3.05) is 13.6 Å². The molecule has 0 saturated carbocycles. The van der Waals surface area contributed by atoms with Gasteiger partial charge >= 0.3 is 0 Å². The van der Waals surface area contributed by atoms with E-state index in [9.17, 15) is 12.8 Å². The van der Waals surface area contributed by atoms with Crippen LogP contribution in [0.25, 0.3) is 0 Å². The Balaban J connectivity index is 3.05. The molecule has 0 atom stereocenters. The second-order valence-electron chi connectivity index (χ2n) is 5.12. The van der Waals surface area contributed by atoms with Crippen LogP contribution in [0.4, 0.5) is 4.39 Å². The summed E-state index contributed by atoms with van der Waals surface area (Å²) < 4.78 is 39.6. The Morgan fingerprint density at radius 1 is 1.35 bits per heavy atom. The van der Waals surface area contributed by atoms with E-state index in [0.717, 1.165) is 6.42 Å². The Hall–Kier alpha value is -0.980. The first-order valence-corrected chi connectivity index (χ1v) is 8.21. The summed E-state index contributed by atoms with van der Waals surface area (Å²) in [6.45, 7) is 6.57. The zero-order valence-electron chi connectivity index (χ0n) is 12.5. The number of benzene rings is 1. The van der Waals surface area contributed by atoms with Crippen LogP contribution in [0.15, 0.2) is 23.1 Å². The molecule has 0 aromatic heterocycles. The maximum Gasteiger partial charge on any atom is 0.242 e. The van der Waals surface area contributed by atoms with Gasteiger partial charge < -0.3 is 5.32 Å². The second-order valence-corrected chi connectivity index (χ2v) is 7.16. The molecule has 0 fully saturated rings. The van der Waals surface area contributed by atoms with Crippen molar-refractivity contribution < 1.29 is 12.8 Å². The molecule has 0 aliphatic heterocycles. The molecule has 0 bridgehead atoms. The van der Waals surface area contributed by atoms with E-state index < -0.39 is 15.8 Å². The minimum Gasteiger partial charge on any atom is -0.310 e. The van der Waals surface area contributed by atoms with Crippen LogP contribution in [0.1, 0.15) is 32.8 Å². The molecule has 1 N–H and O–H groups in total. The Bertz CT molecular complexity index is 544. The minimum absolute atomic E-state index is 0.135. The second kappa shape index (κ2) is 7.15. The lowest BCUT2D eigenvalue weighted by Gasteiger charge is -2.17. The van der Waals surface area contributed by atoms with Crippen molar-refractivity contribution in [1.29, 1.82) is 0 Å². The Labute approximate surface area is 121 Å². The minimum atomic E-state index is -3.54. The first-order valence-electron chi connectivity index (χ1n) is 6.77. The molecule has 0 radical (unpaired) electrons. The van der Waals surface area contributed by atoms with Gasteiger partial charge in [0.25, 0.3) is 0 Å². The predicted molar refractivity (Wildman–Crippen MR) is 78.5 cm³/mol. The fourth-order valence-electron chi connectivity index (χ4n) is 1.78. The summed E-state index contributed by atoms with van der Waals surface area (Å²) >= 11 is 0. The fraction of sp³-hybridized carbons (Fsp3) is 0.571. The smallest absolute Gasteiger partial charge is 0.242 e. The molecule has 0 saturated heterocycles. The predicted octanol–water partition coefficient (Wildman–Crippen LogP) is 2.35. The maximum absolute atomic E-state index is 13.7. The average molecular weight is 302 g/mol. The summed E-state index contributed by atoms with van der Waals surface area (Å²) in [5.41, 5.74) is 0.365. The van der Waals surface area contributed by atoms with E-state index in [0.29, 0.717) is 18.7 Å². The van der Waals surface area contributed by atoms with Gasteiger partial charge in [0.05, 0.1) is 4.90 Å². The van der Waals surface area contributed by atoms with Crippen LogP contribution in [0, 0.1) is 5.82 Å². The van der Waals surface area contributed by atoms with Gasteiger partial charge in [0.15, 0.2) is 0 Å². The van der Waals surface area contributed by atoms with Crippen LogP contribution in [-0.2, 0) is 16.6 Å². The topological polar surface area (TPSA) is 49.4 Å². The van der Waals surface area contributed by atoms with E-state index in [1.54, 1.807) is 0 Å². The highest BCUT2D eigenvalue weighted by Gasteiger charge is 2.21. The highest BCUT2D eigenvalue weighted by Crippen LogP contribution is 2.18. The fourth-order valence-corrected chi connectivity index (χ4v) is 3.09. The first kappa shape index (κ1) is 17.1. The van der Waals surface area contributed by atoms with Gasteiger partial charge in [-0.3, -0.25) is 0 Å². The van der Waals surface area contributed by atoms with Crippen molar-refractivity contribution in [3.8, 4) is 0 Å². The van der Waals surface area contributed by atoms with E-state index in [1.807, 2.05) is 20.8 Å². The number of rotatable bonds is 7. The van der Waals surface area contributed by atoms with Crippen LogP contribution in [0.2, 0.25) is 0 Å². The largest absolute Gasteiger partial charge is 0.310 e. The van der Waals surface area contributed by atoms with Crippen LogP contribution in [0.5, 0.6) is 0 Å². The van der Waals surface area contributed by atoms with Gasteiger partial charge in [-0.2, -0.15) is 0 Å². The number of nitrogens with one attached hydrogen (secondary N) is 1. The molecule has 0 unspecified atom stereocenters. The van der Waals surface area contributed by atoms with Crippen molar-refractivity contribution in [3.05, 3.63) is 29.6 Å². The maximum atomic E-state index is 13.7. The lowest BCUT2D eigenvalue weighted by atomic mass is 10.2. The van der Waals surface area contributed by atoms with E-state index in [4.69, 9.17) is 0 Å². The lowest BCUT2D eigenvalue weighted by molar-refractivity contribution is 0.468. The summed E-state index contributed by atoms with van der Waals surface area (Å²) in [5.74, 6) is -0.393. The lowest BCUT2D eigenvalue weighted by Crippen LogP contribution is -2.28. The zero-order valence-corrected chi connectivity index (χ0v) is 13.3. The van der Waals surface area contributed by atoms with Gasteiger partial charge in [-0.15, -0.1) is 0 Å². The Kier molecular flexibility index (Phi) is 6.10. The van der Waals surface area contributed by atoms with Crippen molar-refractivity contribution in [2.45, 2.75) is 44.7 Å². The van der Waals surface area contributed by atoms with E-state index in [1.165, 1.54) is 29.6 Å². The van der Waals surface area contributed by atoms with Crippen molar-refractivity contribution in [2.24, 2.45) is 0 Å². The highest BCUT2D eigenvalue weighted by atomic mass is 32.2. The molecule has 0 spiro atoms. The monoisotopic (exact) mass is 302 g/mol. The highest BCUT2D eigenvalue weighted by molar-refractivity contribution is 7.89. The molecule has 4 nitrogen and oxygen atoms in total. The molecule has 20 heavy (non-hydrogen) atoms. The van der Waals surface area contributed by atoms with Crippen molar-refractivity contribution in [1.82, 2.24) is 9.62 Å². The number of sulfonamides is 1. The molecule has 0 aliphatic rings. The summed E-state index contributed by atoms with van der Waals surface area (Å²) in [6.07, 6.45) is 0.735. The third-order valence-corrected chi connectivity index (χ3v) is 4.82. The Morgan fingerprint density at radius 3 is 2.55 bits per heavy atom. The SMILES string of the molecule is CCCN(C)S(=O)(=O)c1ccc(F)c(CNC(C)C)c1. The third-order valence-electron chi connectivity index (χ3n) is 2.96. The normalized spacial score (nSPS) is 12.3. The van der Waals surface area contributed by atoms with Crippen molar-refractivity contribution >= 4 is 10.0 Å². The molecule has 6 heteroatoms. The third kappa shape index (κ3) is 4.26. The quantitative estimate of drug-likeness (QED) is 0.841. The summed E-state index contributed by atoms with van der Waals surface area (Å²) in [5, 5.41) is 3.09. The summed E-state index contributed by atoms with van der Waals surface area (Å²) in [7, 11) is -2.00. The van der Waals surface area contributed by atoms with Gasteiger partial charge in [0.1, 0.15) is 5.82 Å². The molecule has 0 aliphatic carbocycles.